The molecule has 3 atom stereocenters. The quantitative estimate of drug-likeness (QED) is 0.676. The van der Waals surface area contributed by atoms with E-state index in [1.807, 2.05) is 0 Å². The third-order valence-corrected chi connectivity index (χ3v) is 5.09. The molecule has 2 nitrogen and oxygen atoms in total. The van der Waals surface area contributed by atoms with E-state index in [1.165, 1.54) is 6.42 Å². The molecule has 13 heavy (non-hydrogen) atoms. The minimum absolute atomic E-state index is 0.0451. The van der Waals surface area contributed by atoms with Crippen LogP contribution in [0.2, 0.25) is 0 Å². The van der Waals surface area contributed by atoms with E-state index in [-0.39, 0.29) is 16.7 Å². The van der Waals surface area contributed by atoms with E-state index in [2.05, 4.69) is 20.8 Å². The molecule has 2 heteroatoms. The number of rotatable bonds is 1. The van der Waals surface area contributed by atoms with Crippen molar-refractivity contribution in [1.29, 1.82) is 0 Å². The van der Waals surface area contributed by atoms with Crippen LogP contribution in [0, 0.1) is 22.7 Å². The summed E-state index contributed by atoms with van der Waals surface area (Å²) >= 11 is 0. The third kappa shape index (κ3) is 0.866. The number of fused-ring (bicyclic) bond motifs is 2. The summed E-state index contributed by atoms with van der Waals surface area (Å²) in [6.07, 6.45) is 3.23. The van der Waals surface area contributed by atoms with Gasteiger partial charge in [-0.1, -0.05) is 20.8 Å². The third-order valence-electron chi connectivity index (χ3n) is 5.09. The number of hydrogen-bond donors (Lipinski definition) is 1. The molecule has 2 bridgehead atoms. The zero-order valence-corrected chi connectivity index (χ0v) is 8.63. The van der Waals surface area contributed by atoms with Crippen molar-refractivity contribution in [3.63, 3.8) is 0 Å². The lowest BCUT2D eigenvalue weighted by Gasteiger charge is -2.37. The van der Waals surface area contributed by atoms with Crippen molar-refractivity contribution in [2.75, 3.05) is 0 Å². The summed E-state index contributed by atoms with van der Waals surface area (Å²) in [5.41, 5.74) is 0.277. The molecular weight excluding hydrogens is 164 g/mol. The van der Waals surface area contributed by atoms with Crippen LogP contribution in [0.4, 0.5) is 0 Å². The van der Waals surface area contributed by atoms with Gasteiger partial charge in [0.25, 0.3) is 0 Å². The molecule has 2 fully saturated rings. The molecule has 0 heterocycles. The molecule has 0 aromatic carbocycles. The van der Waals surface area contributed by atoms with E-state index in [1.54, 1.807) is 0 Å². The molecule has 2 aliphatic rings. The first-order chi connectivity index (χ1) is 5.89. The smallest absolute Gasteiger partial charge is 0.307 e. The second kappa shape index (κ2) is 2.28. The second-order valence-electron chi connectivity index (χ2n) is 5.50. The molecule has 0 saturated heterocycles. The van der Waals surface area contributed by atoms with Gasteiger partial charge in [0.15, 0.2) is 0 Å². The predicted octanol–water partition coefficient (Wildman–Crippen LogP) is 2.53. The van der Waals surface area contributed by atoms with E-state index in [0.717, 1.165) is 12.8 Å². The van der Waals surface area contributed by atoms with Gasteiger partial charge in [-0.15, -0.1) is 0 Å². The summed E-state index contributed by atoms with van der Waals surface area (Å²) in [7, 11) is 0. The van der Waals surface area contributed by atoms with Gasteiger partial charge in [-0.25, -0.2) is 0 Å². The van der Waals surface area contributed by atoms with Crippen LogP contribution in [0.1, 0.15) is 40.0 Å². The number of carboxylic acids is 1. The zero-order valence-electron chi connectivity index (χ0n) is 8.63. The molecular formula is C11H18O2. The molecule has 0 radical (unpaired) electrons. The Balaban J connectivity index is 2.38. The van der Waals surface area contributed by atoms with Crippen molar-refractivity contribution in [2.45, 2.75) is 40.0 Å². The molecule has 0 aromatic heterocycles. The number of carbonyl (C=O) groups is 1. The standard InChI is InChI=1S/C11H18O2/c1-10(2)7-4-5-11(10,3)8(6-7)9(12)13/h7-8H,4-6H2,1-3H3,(H,12,13)/t7-,8?,11+/m0/s1. The van der Waals surface area contributed by atoms with Gasteiger partial charge in [-0.3, -0.25) is 4.79 Å². The SMILES string of the molecule is CC1(C)[C@H]2CC[C@]1(C)C(C(=O)O)C2. The fourth-order valence-electron chi connectivity index (χ4n) is 3.58. The molecule has 0 aliphatic heterocycles. The van der Waals surface area contributed by atoms with Gasteiger partial charge >= 0.3 is 5.97 Å². The highest BCUT2D eigenvalue weighted by Gasteiger charge is 2.63. The first kappa shape index (κ1) is 9.04. The van der Waals surface area contributed by atoms with E-state index in [0.29, 0.717) is 5.92 Å². The van der Waals surface area contributed by atoms with Gasteiger partial charge in [0, 0.05) is 0 Å². The van der Waals surface area contributed by atoms with Gasteiger partial charge in [-0.2, -0.15) is 0 Å². The molecule has 0 amide bonds. The molecule has 1 N–H and O–H groups in total. The Kier molecular flexibility index (Phi) is 1.59. The van der Waals surface area contributed by atoms with E-state index < -0.39 is 5.97 Å². The Bertz CT molecular complexity index is 257. The van der Waals surface area contributed by atoms with Crippen molar-refractivity contribution in [2.24, 2.45) is 22.7 Å². The first-order valence-corrected chi connectivity index (χ1v) is 5.12. The van der Waals surface area contributed by atoms with Gasteiger partial charge in [0.2, 0.25) is 0 Å². The van der Waals surface area contributed by atoms with Crippen molar-refractivity contribution < 1.29 is 9.90 Å². The number of aliphatic carboxylic acids is 1. The molecule has 2 aliphatic carbocycles. The average molecular weight is 182 g/mol. The maximum atomic E-state index is 11.1. The molecule has 74 valence electrons. The first-order valence-electron chi connectivity index (χ1n) is 5.12. The van der Waals surface area contributed by atoms with Crippen LogP contribution in [0.15, 0.2) is 0 Å². The average Bonchev–Trinajstić information content (AvgIpc) is 2.34. The highest BCUT2D eigenvalue weighted by atomic mass is 16.4. The number of carboxylic acid groups (broad SMARTS) is 1. The highest BCUT2D eigenvalue weighted by Crippen LogP contribution is 2.68. The van der Waals surface area contributed by atoms with Crippen molar-refractivity contribution in [3.8, 4) is 0 Å². The highest BCUT2D eigenvalue weighted by molar-refractivity contribution is 5.72. The van der Waals surface area contributed by atoms with Crippen LogP contribution >= 0.6 is 0 Å². The van der Waals surface area contributed by atoms with Crippen LogP contribution in [-0.2, 0) is 4.79 Å². The topological polar surface area (TPSA) is 37.3 Å². The minimum Gasteiger partial charge on any atom is -0.481 e. The summed E-state index contributed by atoms with van der Waals surface area (Å²) in [4.78, 5) is 11.1. The Morgan fingerprint density at radius 3 is 2.23 bits per heavy atom. The Hall–Kier alpha value is -0.530. The van der Waals surface area contributed by atoms with Crippen molar-refractivity contribution >= 4 is 5.97 Å². The van der Waals surface area contributed by atoms with E-state index in [9.17, 15) is 4.79 Å². The van der Waals surface area contributed by atoms with Crippen LogP contribution in [0.3, 0.4) is 0 Å². The lowest BCUT2D eigenvalue weighted by Crippen LogP contribution is -2.36. The Morgan fingerprint density at radius 2 is 2.00 bits per heavy atom. The minimum atomic E-state index is -0.585. The maximum absolute atomic E-state index is 11.1. The molecule has 2 rings (SSSR count). The zero-order chi connectivity index (χ0) is 9.85. The van der Waals surface area contributed by atoms with Gasteiger partial charge < -0.3 is 5.11 Å². The normalized spacial score (nSPS) is 46.7. The van der Waals surface area contributed by atoms with Gasteiger partial charge in [0.1, 0.15) is 0 Å². The monoisotopic (exact) mass is 182 g/mol. The second-order valence-corrected chi connectivity index (χ2v) is 5.50. The van der Waals surface area contributed by atoms with Gasteiger partial charge in [-0.05, 0) is 36.0 Å². The summed E-state index contributed by atoms with van der Waals surface area (Å²) in [5, 5.41) is 9.13. The predicted molar refractivity (Wildman–Crippen MR) is 50.4 cm³/mol. The molecule has 0 spiro atoms. The largest absolute Gasteiger partial charge is 0.481 e. The van der Waals surface area contributed by atoms with E-state index >= 15 is 0 Å². The fraction of sp³-hybridized carbons (Fsp3) is 0.909. The summed E-state index contributed by atoms with van der Waals surface area (Å²) in [5.74, 6) is -0.0439. The molecule has 2 saturated carbocycles. The van der Waals surface area contributed by atoms with Gasteiger partial charge in [0.05, 0.1) is 5.92 Å². The maximum Gasteiger partial charge on any atom is 0.307 e. The van der Waals surface area contributed by atoms with Crippen LogP contribution in [0.25, 0.3) is 0 Å². The van der Waals surface area contributed by atoms with Crippen molar-refractivity contribution in [1.82, 2.24) is 0 Å². The molecule has 1 unspecified atom stereocenters. The fourth-order valence-corrected chi connectivity index (χ4v) is 3.58. The van der Waals surface area contributed by atoms with Crippen LogP contribution in [-0.4, -0.2) is 11.1 Å². The summed E-state index contributed by atoms with van der Waals surface area (Å²) in [6.45, 7) is 6.65. The summed E-state index contributed by atoms with van der Waals surface area (Å²) in [6, 6.07) is 0. The Labute approximate surface area is 79.3 Å². The molecule has 0 aromatic rings. The van der Waals surface area contributed by atoms with Crippen molar-refractivity contribution in [3.05, 3.63) is 0 Å². The lowest BCUT2D eigenvalue weighted by atomic mass is 9.67. The Morgan fingerprint density at radius 1 is 1.38 bits per heavy atom. The van der Waals surface area contributed by atoms with Crippen LogP contribution < -0.4 is 0 Å². The number of hydrogen-bond acceptors (Lipinski definition) is 1. The van der Waals surface area contributed by atoms with Crippen LogP contribution in [0.5, 0.6) is 0 Å². The van der Waals surface area contributed by atoms with E-state index in [4.69, 9.17) is 5.11 Å². The summed E-state index contributed by atoms with van der Waals surface area (Å²) < 4.78 is 0. The lowest BCUT2D eigenvalue weighted by molar-refractivity contribution is -0.147.